The fraction of sp³-hybridized carbons (Fsp3) is 0.438. The second kappa shape index (κ2) is 6.80. The highest BCUT2D eigenvalue weighted by molar-refractivity contribution is 5.31. The minimum atomic E-state index is -0.539. The molecule has 21 heavy (non-hydrogen) atoms. The number of nitrogens with zero attached hydrogens (tertiary/aromatic N) is 2. The first-order chi connectivity index (χ1) is 10.1. The molecule has 0 bridgehead atoms. The van der Waals surface area contributed by atoms with Crippen LogP contribution in [0.5, 0.6) is 0 Å². The molecule has 0 amide bonds. The normalized spacial score (nSPS) is 12.6. The third-order valence-electron chi connectivity index (χ3n) is 3.51. The van der Waals surface area contributed by atoms with Crippen LogP contribution in [0.4, 0.5) is 8.78 Å². The summed E-state index contributed by atoms with van der Waals surface area (Å²) < 4.78 is 29.9. The van der Waals surface area contributed by atoms with Crippen molar-refractivity contribution in [3.8, 4) is 0 Å². The van der Waals surface area contributed by atoms with Crippen molar-refractivity contribution in [2.75, 3.05) is 6.54 Å². The van der Waals surface area contributed by atoms with E-state index in [1.165, 1.54) is 18.2 Å². The summed E-state index contributed by atoms with van der Waals surface area (Å²) in [5.41, 5.74) is 1.73. The lowest BCUT2D eigenvalue weighted by Crippen LogP contribution is -2.27. The van der Waals surface area contributed by atoms with Crippen LogP contribution in [0.2, 0.25) is 0 Å². The summed E-state index contributed by atoms with van der Waals surface area (Å²) in [6.07, 6.45) is 1.67. The number of rotatable bonds is 6. The Morgan fingerprint density at radius 2 is 1.90 bits per heavy atom. The minimum Gasteiger partial charge on any atom is -0.305 e. The van der Waals surface area contributed by atoms with E-state index >= 15 is 0 Å². The molecule has 1 heterocycles. The Morgan fingerprint density at radius 3 is 2.43 bits per heavy atom. The summed E-state index contributed by atoms with van der Waals surface area (Å²) >= 11 is 0. The summed E-state index contributed by atoms with van der Waals surface area (Å²) in [4.78, 5) is 0. The third kappa shape index (κ3) is 3.29. The van der Waals surface area contributed by atoms with Crippen LogP contribution in [-0.4, -0.2) is 16.3 Å². The number of halogens is 2. The van der Waals surface area contributed by atoms with Gasteiger partial charge in [-0.05, 0) is 37.6 Å². The van der Waals surface area contributed by atoms with E-state index in [9.17, 15) is 8.78 Å². The molecule has 1 aromatic heterocycles. The lowest BCUT2D eigenvalue weighted by molar-refractivity contribution is 0.485. The second-order valence-electron chi connectivity index (χ2n) is 5.06. The molecule has 2 rings (SSSR count). The second-order valence-corrected chi connectivity index (χ2v) is 5.06. The summed E-state index contributed by atoms with van der Waals surface area (Å²) in [6.45, 7) is 4.69. The van der Waals surface area contributed by atoms with Crippen LogP contribution in [0.15, 0.2) is 24.3 Å². The molecule has 0 aliphatic rings. The van der Waals surface area contributed by atoms with Crippen molar-refractivity contribution in [3.05, 3.63) is 52.9 Å². The minimum absolute atomic E-state index is 0.0524. The van der Waals surface area contributed by atoms with Gasteiger partial charge in [-0.1, -0.05) is 19.9 Å². The molecule has 5 heteroatoms. The van der Waals surface area contributed by atoms with Crippen LogP contribution in [0.1, 0.15) is 43.3 Å². The molecule has 3 nitrogen and oxygen atoms in total. The molecule has 1 N–H and O–H groups in total. The van der Waals surface area contributed by atoms with Gasteiger partial charge in [-0.15, -0.1) is 0 Å². The average molecular weight is 293 g/mol. The van der Waals surface area contributed by atoms with E-state index < -0.39 is 17.7 Å². The van der Waals surface area contributed by atoms with Crippen molar-refractivity contribution in [1.29, 1.82) is 0 Å². The highest BCUT2D eigenvalue weighted by atomic mass is 19.1. The van der Waals surface area contributed by atoms with Crippen molar-refractivity contribution in [2.24, 2.45) is 7.05 Å². The van der Waals surface area contributed by atoms with Crippen LogP contribution in [0.3, 0.4) is 0 Å². The zero-order chi connectivity index (χ0) is 15.4. The third-order valence-corrected chi connectivity index (χ3v) is 3.51. The summed E-state index contributed by atoms with van der Waals surface area (Å²) in [7, 11) is 1.80. The molecule has 1 atom stereocenters. The Balaban J connectivity index is 2.49. The van der Waals surface area contributed by atoms with Crippen LogP contribution in [-0.2, 0) is 13.5 Å². The van der Waals surface area contributed by atoms with Crippen LogP contribution in [0, 0.1) is 11.6 Å². The summed E-state index contributed by atoms with van der Waals surface area (Å²) in [6, 6.07) is 5.32. The molecule has 1 aromatic carbocycles. The van der Waals surface area contributed by atoms with Gasteiger partial charge in [0.2, 0.25) is 0 Å². The number of benzene rings is 1. The van der Waals surface area contributed by atoms with Crippen molar-refractivity contribution in [2.45, 2.75) is 32.7 Å². The number of aryl methyl sites for hydroxylation is 2. The highest BCUT2D eigenvalue weighted by Crippen LogP contribution is 2.27. The number of aromatic nitrogens is 2. The standard InChI is InChI=1S/C16H21F2N3/c1-4-9-19-16(14-10-11(5-2)20-21(14)3)15-12(17)7-6-8-13(15)18/h6-8,10,16,19H,4-5,9H2,1-3H3. The van der Waals surface area contributed by atoms with Crippen LogP contribution >= 0.6 is 0 Å². The fourth-order valence-electron chi connectivity index (χ4n) is 2.42. The summed E-state index contributed by atoms with van der Waals surface area (Å²) in [5, 5.41) is 7.60. The van der Waals surface area contributed by atoms with Crippen molar-refractivity contribution < 1.29 is 8.78 Å². The van der Waals surface area contributed by atoms with Crippen LogP contribution < -0.4 is 5.32 Å². The van der Waals surface area contributed by atoms with Gasteiger partial charge in [0.05, 0.1) is 17.4 Å². The number of hydrogen-bond acceptors (Lipinski definition) is 2. The predicted molar refractivity (Wildman–Crippen MR) is 79.1 cm³/mol. The van der Waals surface area contributed by atoms with Gasteiger partial charge < -0.3 is 5.32 Å². The van der Waals surface area contributed by atoms with E-state index in [0.29, 0.717) is 6.54 Å². The van der Waals surface area contributed by atoms with E-state index in [4.69, 9.17) is 0 Å². The molecule has 0 aliphatic heterocycles. The van der Waals surface area contributed by atoms with Gasteiger partial charge in [-0.3, -0.25) is 4.68 Å². The average Bonchev–Trinajstić information content (AvgIpc) is 2.83. The molecule has 0 saturated carbocycles. The fourth-order valence-corrected chi connectivity index (χ4v) is 2.42. The van der Waals surface area contributed by atoms with Gasteiger partial charge >= 0.3 is 0 Å². The van der Waals surface area contributed by atoms with Crippen LogP contribution in [0.25, 0.3) is 0 Å². The Kier molecular flexibility index (Phi) is 5.07. The molecule has 0 saturated heterocycles. The van der Waals surface area contributed by atoms with Gasteiger partial charge in [0.1, 0.15) is 11.6 Å². The maximum absolute atomic E-state index is 14.1. The van der Waals surface area contributed by atoms with Gasteiger partial charge in [-0.25, -0.2) is 8.78 Å². The SMILES string of the molecule is CCCNC(c1c(F)cccc1F)c1cc(CC)nn1C. The molecule has 114 valence electrons. The van der Waals surface area contributed by atoms with Gasteiger partial charge in [0.25, 0.3) is 0 Å². The maximum Gasteiger partial charge on any atom is 0.131 e. The summed E-state index contributed by atoms with van der Waals surface area (Å²) in [5.74, 6) is -1.08. The quantitative estimate of drug-likeness (QED) is 0.885. The molecule has 1 unspecified atom stereocenters. The molecule has 0 spiro atoms. The zero-order valence-corrected chi connectivity index (χ0v) is 12.7. The molecular formula is C16H21F2N3. The van der Waals surface area contributed by atoms with E-state index in [0.717, 1.165) is 24.2 Å². The van der Waals surface area contributed by atoms with Crippen molar-refractivity contribution in [1.82, 2.24) is 15.1 Å². The van der Waals surface area contributed by atoms with Gasteiger partial charge in [-0.2, -0.15) is 5.10 Å². The van der Waals surface area contributed by atoms with E-state index in [1.54, 1.807) is 11.7 Å². The Hall–Kier alpha value is -1.75. The predicted octanol–water partition coefficient (Wildman–Crippen LogP) is 3.35. The van der Waals surface area contributed by atoms with Crippen molar-refractivity contribution >= 4 is 0 Å². The Bertz CT molecular complexity index is 587. The first-order valence-electron chi connectivity index (χ1n) is 7.28. The Morgan fingerprint density at radius 1 is 1.24 bits per heavy atom. The maximum atomic E-state index is 14.1. The smallest absolute Gasteiger partial charge is 0.131 e. The lowest BCUT2D eigenvalue weighted by atomic mass is 10.0. The first-order valence-corrected chi connectivity index (χ1v) is 7.28. The van der Waals surface area contributed by atoms with E-state index in [2.05, 4.69) is 10.4 Å². The Labute approximate surface area is 124 Å². The molecule has 0 radical (unpaired) electrons. The number of hydrogen-bond donors (Lipinski definition) is 1. The van der Waals surface area contributed by atoms with Gasteiger partial charge in [0, 0.05) is 12.6 Å². The topological polar surface area (TPSA) is 29.9 Å². The van der Waals surface area contributed by atoms with E-state index in [-0.39, 0.29) is 5.56 Å². The van der Waals surface area contributed by atoms with E-state index in [1.807, 2.05) is 19.9 Å². The lowest BCUT2D eigenvalue weighted by Gasteiger charge is -2.20. The largest absolute Gasteiger partial charge is 0.305 e. The first kappa shape index (κ1) is 15.6. The monoisotopic (exact) mass is 293 g/mol. The van der Waals surface area contributed by atoms with Gasteiger partial charge in [0.15, 0.2) is 0 Å². The zero-order valence-electron chi connectivity index (χ0n) is 12.7. The molecule has 2 aromatic rings. The highest BCUT2D eigenvalue weighted by Gasteiger charge is 2.24. The molecular weight excluding hydrogens is 272 g/mol. The molecule has 0 aliphatic carbocycles. The molecule has 0 fully saturated rings. The van der Waals surface area contributed by atoms with Crippen molar-refractivity contribution in [3.63, 3.8) is 0 Å². The number of nitrogens with one attached hydrogen (secondary N) is 1.